The van der Waals surface area contributed by atoms with Crippen LogP contribution in [0.4, 0.5) is 11.6 Å². The minimum atomic E-state index is -0.491. The first-order chi connectivity index (χ1) is 14.1. The van der Waals surface area contributed by atoms with Crippen LogP contribution in [-0.2, 0) is 4.79 Å². The van der Waals surface area contributed by atoms with Gasteiger partial charge in [-0.3, -0.25) is 20.2 Å². The van der Waals surface area contributed by atoms with E-state index in [1.165, 1.54) is 24.3 Å². The third kappa shape index (κ3) is 3.98. The van der Waals surface area contributed by atoms with E-state index in [2.05, 4.69) is 20.4 Å². The zero-order chi connectivity index (χ0) is 20.2. The summed E-state index contributed by atoms with van der Waals surface area (Å²) in [6.45, 7) is 0. The first-order valence-electron chi connectivity index (χ1n) is 8.61. The first kappa shape index (κ1) is 18.0. The molecule has 0 unspecified atom stereocenters. The van der Waals surface area contributed by atoms with E-state index in [-0.39, 0.29) is 11.6 Å². The number of amides is 1. The van der Waals surface area contributed by atoms with Crippen LogP contribution in [0, 0.1) is 10.1 Å². The van der Waals surface area contributed by atoms with Crippen molar-refractivity contribution in [3.05, 3.63) is 88.6 Å². The number of fused-ring (bicyclic) bond motifs is 1. The summed E-state index contributed by atoms with van der Waals surface area (Å²) in [6, 6.07) is 17.4. The molecule has 9 heteroatoms. The lowest BCUT2D eigenvalue weighted by molar-refractivity contribution is -0.384. The predicted molar refractivity (Wildman–Crippen MR) is 107 cm³/mol. The highest BCUT2D eigenvalue weighted by Crippen LogP contribution is 2.19. The normalized spacial score (nSPS) is 11.0. The zero-order valence-electron chi connectivity index (χ0n) is 15.0. The molecule has 0 saturated heterocycles. The summed E-state index contributed by atoms with van der Waals surface area (Å²) in [5, 5.41) is 17.7. The van der Waals surface area contributed by atoms with Crippen molar-refractivity contribution in [3.63, 3.8) is 0 Å². The van der Waals surface area contributed by atoms with E-state index in [9.17, 15) is 14.9 Å². The van der Waals surface area contributed by atoms with Crippen molar-refractivity contribution in [1.82, 2.24) is 19.6 Å². The van der Waals surface area contributed by atoms with E-state index in [1.54, 1.807) is 22.8 Å². The molecule has 2 heterocycles. The average molecular weight is 386 g/mol. The third-order valence-electron chi connectivity index (χ3n) is 4.05. The number of hydrogen-bond acceptors (Lipinski definition) is 6. The number of nitro groups is 1. The van der Waals surface area contributed by atoms with Crippen LogP contribution in [0.1, 0.15) is 5.56 Å². The van der Waals surface area contributed by atoms with Crippen LogP contribution in [0.5, 0.6) is 0 Å². The Labute approximate surface area is 164 Å². The second-order valence-corrected chi connectivity index (χ2v) is 6.02. The number of carbonyl (C=O) groups excluding carboxylic acids is 1. The Morgan fingerprint density at radius 1 is 1.10 bits per heavy atom. The average Bonchev–Trinajstić information content (AvgIpc) is 3.15. The molecule has 29 heavy (non-hydrogen) atoms. The van der Waals surface area contributed by atoms with Crippen molar-refractivity contribution in [2.24, 2.45) is 0 Å². The number of hydrogen-bond donors (Lipinski definition) is 1. The monoisotopic (exact) mass is 386 g/mol. The maximum absolute atomic E-state index is 12.2. The van der Waals surface area contributed by atoms with E-state index >= 15 is 0 Å². The Morgan fingerprint density at radius 3 is 2.72 bits per heavy atom. The molecular formula is C20H14N6O3. The molecule has 0 radical (unpaired) electrons. The van der Waals surface area contributed by atoms with E-state index in [1.807, 2.05) is 36.4 Å². The van der Waals surface area contributed by atoms with Gasteiger partial charge in [0.1, 0.15) is 0 Å². The van der Waals surface area contributed by atoms with Gasteiger partial charge in [0.05, 0.1) is 10.6 Å². The molecule has 2 aromatic heterocycles. The van der Waals surface area contributed by atoms with Crippen molar-refractivity contribution in [2.75, 3.05) is 5.32 Å². The molecule has 4 rings (SSSR count). The SMILES string of the molecule is O=C(/C=C/c1cccc([N+](=O)[O-])c1)Nc1nc2nccc(-c3ccccc3)n2n1. The topological polar surface area (TPSA) is 115 Å². The van der Waals surface area contributed by atoms with Crippen LogP contribution in [0.25, 0.3) is 23.1 Å². The van der Waals surface area contributed by atoms with E-state index < -0.39 is 10.8 Å². The summed E-state index contributed by atoms with van der Waals surface area (Å²) in [4.78, 5) is 30.9. The number of benzene rings is 2. The van der Waals surface area contributed by atoms with Gasteiger partial charge in [-0.1, -0.05) is 42.5 Å². The number of carbonyl (C=O) groups is 1. The maximum atomic E-state index is 12.2. The second kappa shape index (κ2) is 7.69. The first-order valence-corrected chi connectivity index (χ1v) is 8.61. The maximum Gasteiger partial charge on any atom is 0.270 e. The number of anilines is 1. The Balaban J connectivity index is 1.54. The standard InChI is InChI=1S/C20H14N6O3/c27-18(10-9-14-5-4-8-16(13-14)26(28)29)22-19-23-20-21-12-11-17(25(20)24-19)15-6-2-1-3-7-15/h1-13H,(H,22,24,27)/b10-9+. The van der Waals surface area contributed by atoms with Gasteiger partial charge in [0, 0.05) is 30.0 Å². The lowest BCUT2D eigenvalue weighted by atomic mass is 10.1. The molecule has 0 spiro atoms. The highest BCUT2D eigenvalue weighted by Gasteiger charge is 2.11. The molecule has 2 aromatic carbocycles. The molecular weight excluding hydrogens is 372 g/mol. The molecule has 0 aliphatic heterocycles. The highest BCUT2D eigenvalue weighted by molar-refractivity contribution is 6.01. The molecule has 142 valence electrons. The van der Waals surface area contributed by atoms with Crippen LogP contribution in [0.15, 0.2) is 72.9 Å². The van der Waals surface area contributed by atoms with Gasteiger partial charge in [0.2, 0.25) is 0 Å². The number of nitrogens with zero attached hydrogens (tertiary/aromatic N) is 5. The minimum Gasteiger partial charge on any atom is -0.290 e. The van der Waals surface area contributed by atoms with Crippen LogP contribution >= 0.6 is 0 Å². The lowest BCUT2D eigenvalue weighted by Crippen LogP contribution is -2.09. The summed E-state index contributed by atoms with van der Waals surface area (Å²) in [7, 11) is 0. The van der Waals surface area contributed by atoms with Gasteiger partial charge in [-0.05, 0) is 17.7 Å². The summed E-state index contributed by atoms with van der Waals surface area (Å²) < 4.78 is 1.55. The van der Waals surface area contributed by atoms with Gasteiger partial charge in [0.25, 0.3) is 23.3 Å². The van der Waals surface area contributed by atoms with E-state index in [4.69, 9.17) is 0 Å². The van der Waals surface area contributed by atoms with Gasteiger partial charge in [0.15, 0.2) is 0 Å². The fourth-order valence-corrected chi connectivity index (χ4v) is 2.74. The van der Waals surface area contributed by atoms with Gasteiger partial charge >= 0.3 is 0 Å². The van der Waals surface area contributed by atoms with Crippen LogP contribution < -0.4 is 5.32 Å². The van der Waals surface area contributed by atoms with Crippen molar-refractivity contribution in [2.45, 2.75) is 0 Å². The molecule has 0 atom stereocenters. The third-order valence-corrected chi connectivity index (χ3v) is 4.05. The molecule has 0 aliphatic rings. The number of aromatic nitrogens is 4. The van der Waals surface area contributed by atoms with Crippen molar-refractivity contribution >= 4 is 29.4 Å². The van der Waals surface area contributed by atoms with Crippen LogP contribution in [0.3, 0.4) is 0 Å². The molecule has 4 aromatic rings. The Morgan fingerprint density at radius 2 is 1.93 bits per heavy atom. The minimum absolute atomic E-state index is 0.0471. The molecule has 0 bridgehead atoms. The van der Waals surface area contributed by atoms with E-state index in [0.29, 0.717) is 11.3 Å². The van der Waals surface area contributed by atoms with Gasteiger partial charge < -0.3 is 0 Å². The van der Waals surface area contributed by atoms with Crippen LogP contribution in [-0.4, -0.2) is 30.4 Å². The zero-order valence-corrected chi connectivity index (χ0v) is 15.0. The quantitative estimate of drug-likeness (QED) is 0.319. The summed E-state index contributed by atoms with van der Waals surface area (Å²) in [5.41, 5.74) is 2.21. The Kier molecular flexibility index (Phi) is 4.77. The highest BCUT2D eigenvalue weighted by atomic mass is 16.6. The smallest absolute Gasteiger partial charge is 0.270 e. The fraction of sp³-hybridized carbons (Fsp3) is 0. The van der Waals surface area contributed by atoms with Gasteiger partial charge in [-0.15, -0.1) is 5.10 Å². The van der Waals surface area contributed by atoms with Crippen LogP contribution in [0.2, 0.25) is 0 Å². The Bertz CT molecular complexity index is 1230. The summed E-state index contributed by atoms with van der Waals surface area (Å²) in [6.07, 6.45) is 4.36. The molecule has 0 saturated carbocycles. The summed E-state index contributed by atoms with van der Waals surface area (Å²) in [5.74, 6) is -0.00689. The molecule has 0 fully saturated rings. The summed E-state index contributed by atoms with van der Waals surface area (Å²) >= 11 is 0. The van der Waals surface area contributed by atoms with Crippen molar-refractivity contribution in [3.8, 4) is 11.3 Å². The predicted octanol–water partition coefficient (Wildman–Crippen LogP) is 3.35. The van der Waals surface area contributed by atoms with Gasteiger partial charge in [-0.2, -0.15) is 9.50 Å². The molecule has 0 aliphatic carbocycles. The Hall–Kier alpha value is -4.40. The fourth-order valence-electron chi connectivity index (χ4n) is 2.74. The van der Waals surface area contributed by atoms with E-state index in [0.717, 1.165) is 11.3 Å². The van der Waals surface area contributed by atoms with Gasteiger partial charge in [-0.25, -0.2) is 4.98 Å². The molecule has 9 nitrogen and oxygen atoms in total. The number of non-ortho nitro benzene ring substituents is 1. The van der Waals surface area contributed by atoms with Crippen molar-refractivity contribution in [1.29, 1.82) is 0 Å². The second-order valence-electron chi connectivity index (χ2n) is 6.02. The lowest BCUT2D eigenvalue weighted by Gasteiger charge is -2.02. The molecule has 1 amide bonds. The number of nitro benzene ring substituents is 1. The van der Waals surface area contributed by atoms with Crippen molar-refractivity contribution < 1.29 is 9.72 Å². The number of rotatable bonds is 5. The largest absolute Gasteiger partial charge is 0.290 e. The molecule has 1 N–H and O–H groups in total. The number of nitrogens with one attached hydrogen (secondary N) is 1.